The van der Waals surface area contributed by atoms with Gasteiger partial charge in [0.25, 0.3) is 15.9 Å². The number of nitrogens with one attached hydrogen (secondary N) is 1. The maximum Gasteiger partial charge on any atom is 0.264 e. The highest BCUT2D eigenvalue weighted by molar-refractivity contribution is 7.92. The van der Waals surface area contributed by atoms with Crippen LogP contribution in [0.1, 0.15) is 78.9 Å². The molecule has 1 heterocycles. The van der Waals surface area contributed by atoms with E-state index in [1.807, 2.05) is 44.2 Å². The number of aryl methyl sites for hydroxylation is 2. The molecule has 1 aliphatic heterocycles. The molecule has 4 aliphatic carbocycles. The van der Waals surface area contributed by atoms with Crippen molar-refractivity contribution in [2.24, 2.45) is 23.2 Å². The molecule has 6 heteroatoms. The van der Waals surface area contributed by atoms with Crippen molar-refractivity contribution in [3.8, 4) is 0 Å². The Morgan fingerprint density at radius 3 is 2.33 bits per heavy atom. The van der Waals surface area contributed by atoms with Crippen molar-refractivity contribution in [1.29, 1.82) is 0 Å². The fourth-order valence-electron chi connectivity index (χ4n) is 8.23. The third-order valence-corrected chi connectivity index (χ3v) is 11.8. The van der Waals surface area contributed by atoms with Crippen LogP contribution in [0, 0.1) is 37.0 Å². The fraction of sp³-hybridized carbons (Fsp3) is 0.567. The first-order valence-corrected chi connectivity index (χ1v) is 15.1. The molecular weight excluding hydrogens is 468 g/mol. The summed E-state index contributed by atoms with van der Waals surface area (Å²) in [6.45, 7) is 6.38. The zero-order valence-corrected chi connectivity index (χ0v) is 22.5. The lowest BCUT2D eigenvalue weighted by molar-refractivity contribution is -0.0688. The number of hydrogen-bond donors (Lipinski definition) is 1. The number of amides is 1. The lowest BCUT2D eigenvalue weighted by Gasteiger charge is -2.59. The number of benzene rings is 2. The minimum absolute atomic E-state index is 0.0917. The maximum absolute atomic E-state index is 13.9. The first-order chi connectivity index (χ1) is 17.2. The summed E-state index contributed by atoms with van der Waals surface area (Å²) in [7, 11) is -3.80. The van der Waals surface area contributed by atoms with Crippen LogP contribution in [0.2, 0.25) is 0 Å². The molecule has 0 spiro atoms. The number of nitrogens with zero attached hydrogens (tertiary/aromatic N) is 1. The van der Waals surface area contributed by atoms with Crippen molar-refractivity contribution in [3.05, 3.63) is 58.7 Å². The molecule has 1 atom stereocenters. The lowest BCUT2D eigenvalue weighted by atomic mass is 9.48. The van der Waals surface area contributed by atoms with E-state index in [1.165, 1.54) is 42.8 Å². The molecule has 0 radical (unpaired) electrons. The molecule has 2 aromatic carbocycles. The van der Waals surface area contributed by atoms with Gasteiger partial charge < -0.3 is 5.32 Å². The number of anilines is 1. The normalized spacial score (nSPS) is 29.6. The smallest absolute Gasteiger partial charge is 0.264 e. The Hall–Kier alpha value is -2.34. The summed E-state index contributed by atoms with van der Waals surface area (Å²) in [6.07, 6.45) is 9.46. The van der Waals surface area contributed by atoms with Crippen molar-refractivity contribution < 1.29 is 13.2 Å². The highest BCUT2D eigenvalue weighted by atomic mass is 32.2. The van der Waals surface area contributed by atoms with E-state index in [2.05, 4.69) is 12.2 Å². The van der Waals surface area contributed by atoms with Gasteiger partial charge in [-0.05, 0) is 130 Å². The second-order valence-corrected chi connectivity index (χ2v) is 14.0. The first-order valence-electron chi connectivity index (χ1n) is 13.7. The van der Waals surface area contributed by atoms with Crippen molar-refractivity contribution in [1.82, 2.24) is 5.32 Å². The summed E-state index contributed by atoms with van der Waals surface area (Å²) in [5.41, 5.74) is 4.00. The minimum atomic E-state index is -3.80. The monoisotopic (exact) mass is 506 g/mol. The number of sulfonamides is 1. The van der Waals surface area contributed by atoms with Crippen molar-refractivity contribution in [2.45, 2.75) is 83.1 Å². The van der Waals surface area contributed by atoms with Crippen LogP contribution < -0.4 is 9.62 Å². The summed E-state index contributed by atoms with van der Waals surface area (Å²) in [5, 5.41) is 3.33. The summed E-state index contributed by atoms with van der Waals surface area (Å²) >= 11 is 0. The second kappa shape index (κ2) is 8.61. The van der Waals surface area contributed by atoms with E-state index in [-0.39, 0.29) is 22.3 Å². The molecule has 0 aromatic heterocycles. The van der Waals surface area contributed by atoms with Gasteiger partial charge in [-0.3, -0.25) is 9.10 Å². The largest absolute Gasteiger partial charge is 0.349 e. The van der Waals surface area contributed by atoms with Crippen LogP contribution in [0.5, 0.6) is 0 Å². The van der Waals surface area contributed by atoms with Gasteiger partial charge in [-0.2, -0.15) is 0 Å². The van der Waals surface area contributed by atoms with Gasteiger partial charge in [0.1, 0.15) is 0 Å². The average Bonchev–Trinajstić information content (AvgIpc) is 2.84. The SMILES string of the molecule is Cc1cc(C(=O)NC(C)C23CC4CC(CC(C4)C2)C3)cc(S(=O)(=O)N2CCCc3ccccc32)c1C. The third kappa shape index (κ3) is 3.87. The van der Waals surface area contributed by atoms with Gasteiger partial charge in [0.05, 0.1) is 10.6 Å². The van der Waals surface area contributed by atoms with E-state index in [1.54, 1.807) is 6.07 Å². The second-order valence-electron chi connectivity index (χ2n) is 12.2. The van der Waals surface area contributed by atoms with Gasteiger partial charge in [0.2, 0.25) is 0 Å². The van der Waals surface area contributed by atoms with Crippen LogP contribution in [-0.2, 0) is 16.4 Å². The molecule has 0 saturated heterocycles. The van der Waals surface area contributed by atoms with Gasteiger partial charge in [-0.1, -0.05) is 18.2 Å². The number of rotatable bonds is 5. The molecule has 4 fully saturated rings. The standard InChI is InChI=1S/C30H38N2O3S/c1-19-11-26(29(33)31-21(3)30-16-22-12-23(17-30)14-24(13-22)18-30)15-28(20(19)2)36(34,35)32-10-6-8-25-7-4-5-9-27(25)32/h4-5,7,9,11,15,21-24H,6,8,10,12-14,16-18H2,1-3H3,(H,31,33). The number of fused-ring (bicyclic) bond motifs is 1. The molecule has 1 amide bonds. The maximum atomic E-state index is 13.9. The Morgan fingerprint density at radius 1 is 1.03 bits per heavy atom. The van der Waals surface area contributed by atoms with E-state index < -0.39 is 10.0 Å². The Morgan fingerprint density at radius 2 is 1.67 bits per heavy atom. The molecule has 2 aromatic rings. The summed E-state index contributed by atoms with van der Waals surface area (Å²) in [4.78, 5) is 13.8. The molecule has 5 nitrogen and oxygen atoms in total. The minimum Gasteiger partial charge on any atom is -0.349 e. The summed E-state index contributed by atoms with van der Waals surface area (Å²) in [6, 6.07) is 11.3. The molecule has 4 saturated carbocycles. The Balaban J connectivity index is 1.29. The van der Waals surface area contributed by atoms with E-state index in [0.29, 0.717) is 17.7 Å². The Kier molecular flexibility index (Phi) is 5.75. The van der Waals surface area contributed by atoms with E-state index in [9.17, 15) is 13.2 Å². The lowest BCUT2D eigenvalue weighted by Crippen LogP contribution is -2.55. The zero-order valence-electron chi connectivity index (χ0n) is 21.7. The molecule has 36 heavy (non-hydrogen) atoms. The van der Waals surface area contributed by atoms with E-state index in [0.717, 1.165) is 47.4 Å². The van der Waals surface area contributed by atoms with Gasteiger partial charge in [-0.15, -0.1) is 0 Å². The van der Waals surface area contributed by atoms with Crippen LogP contribution in [0.15, 0.2) is 41.3 Å². The quantitative estimate of drug-likeness (QED) is 0.559. The highest BCUT2D eigenvalue weighted by Crippen LogP contribution is 2.61. The Labute approximate surface area is 215 Å². The van der Waals surface area contributed by atoms with Crippen LogP contribution in [-0.4, -0.2) is 26.9 Å². The van der Waals surface area contributed by atoms with Crippen molar-refractivity contribution in [2.75, 3.05) is 10.8 Å². The molecule has 1 N–H and O–H groups in total. The number of para-hydroxylation sites is 1. The first kappa shape index (κ1) is 24.0. The summed E-state index contributed by atoms with van der Waals surface area (Å²) < 4.78 is 29.4. The predicted molar refractivity (Wildman–Crippen MR) is 143 cm³/mol. The van der Waals surface area contributed by atoms with Crippen molar-refractivity contribution >= 4 is 21.6 Å². The fourth-order valence-corrected chi connectivity index (χ4v) is 10.1. The van der Waals surface area contributed by atoms with Crippen LogP contribution >= 0.6 is 0 Å². The molecule has 4 bridgehead atoms. The van der Waals surface area contributed by atoms with Crippen LogP contribution in [0.3, 0.4) is 0 Å². The van der Waals surface area contributed by atoms with Crippen LogP contribution in [0.25, 0.3) is 0 Å². The van der Waals surface area contributed by atoms with E-state index >= 15 is 0 Å². The van der Waals surface area contributed by atoms with Crippen molar-refractivity contribution in [3.63, 3.8) is 0 Å². The highest BCUT2D eigenvalue weighted by Gasteiger charge is 2.53. The van der Waals surface area contributed by atoms with Gasteiger partial charge in [-0.25, -0.2) is 8.42 Å². The van der Waals surface area contributed by atoms with Crippen LogP contribution in [0.4, 0.5) is 5.69 Å². The average molecular weight is 507 g/mol. The number of hydrogen-bond acceptors (Lipinski definition) is 3. The molecule has 192 valence electrons. The summed E-state index contributed by atoms with van der Waals surface area (Å²) in [5.74, 6) is 2.31. The number of carbonyl (C=O) groups excluding carboxylic acids is 1. The van der Waals surface area contributed by atoms with E-state index in [4.69, 9.17) is 0 Å². The number of carbonyl (C=O) groups is 1. The predicted octanol–water partition coefficient (Wildman–Crippen LogP) is 5.78. The Bertz CT molecular complexity index is 1280. The molecule has 7 rings (SSSR count). The zero-order chi connectivity index (χ0) is 25.2. The third-order valence-electron chi connectivity index (χ3n) is 9.87. The van der Waals surface area contributed by atoms with Gasteiger partial charge in [0.15, 0.2) is 0 Å². The molecular formula is C30H38N2O3S. The van der Waals surface area contributed by atoms with Gasteiger partial charge >= 0.3 is 0 Å². The van der Waals surface area contributed by atoms with Gasteiger partial charge in [0, 0.05) is 18.2 Å². The molecule has 5 aliphatic rings. The topological polar surface area (TPSA) is 66.5 Å². The molecule has 1 unspecified atom stereocenters.